The van der Waals surface area contributed by atoms with Gasteiger partial charge < -0.3 is 9.15 Å². The fraction of sp³-hybridized carbons (Fsp3) is 0.0870. The third-order valence-electron chi connectivity index (χ3n) is 4.57. The van der Waals surface area contributed by atoms with Crippen LogP contribution in [0.3, 0.4) is 0 Å². The molecule has 0 bridgehead atoms. The van der Waals surface area contributed by atoms with Crippen LogP contribution in [0.4, 0.5) is 4.39 Å². The summed E-state index contributed by atoms with van der Waals surface area (Å²) in [6.45, 7) is 0.534. The molecule has 0 radical (unpaired) electrons. The summed E-state index contributed by atoms with van der Waals surface area (Å²) < 4.78 is 48.1. The lowest BCUT2D eigenvalue weighted by Crippen LogP contribution is -2.11. The topological polar surface area (TPSA) is 95.4 Å². The number of sulfonamides is 1. The van der Waals surface area contributed by atoms with Crippen LogP contribution in [0.15, 0.2) is 88.2 Å². The number of hydrogen-bond donors (Lipinski definition) is 1. The lowest BCUT2D eigenvalue weighted by Gasteiger charge is -2.03. The molecule has 0 amide bonds. The van der Waals surface area contributed by atoms with Crippen molar-refractivity contribution in [2.45, 2.75) is 18.1 Å². The number of ether oxygens (including phenoxy) is 1. The number of nitrogens with two attached hydrogens (primary N) is 1. The van der Waals surface area contributed by atoms with E-state index in [0.29, 0.717) is 35.1 Å². The maximum atomic E-state index is 13.4. The number of primary sulfonamides is 1. The molecule has 4 rings (SSSR count). The van der Waals surface area contributed by atoms with Gasteiger partial charge in [0.15, 0.2) is 5.76 Å². The van der Waals surface area contributed by atoms with Gasteiger partial charge in [0.1, 0.15) is 18.1 Å². The standard InChI is InChI=1S/C23H19FN2O4S/c24-19-10-6-17(7-11-19)22-23(18-8-12-20(13-9-18)31(25,27)28)30-21(26-22)15-29-14-16-4-2-1-3-5-16/h1-13H,14-15H2,(H2,25,27,28). The number of benzene rings is 3. The van der Waals surface area contributed by atoms with Crippen molar-refractivity contribution in [2.24, 2.45) is 5.14 Å². The van der Waals surface area contributed by atoms with Crippen molar-refractivity contribution >= 4 is 10.0 Å². The van der Waals surface area contributed by atoms with Gasteiger partial charge in [-0.2, -0.15) is 0 Å². The first kappa shape index (κ1) is 20.9. The van der Waals surface area contributed by atoms with E-state index in [4.69, 9.17) is 14.3 Å². The first-order chi connectivity index (χ1) is 14.9. The molecule has 0 atom stereocenters. The Labute approximate surface area is 179 Å². The van der Waals surface area contributed by atoms with Gasteiger partial charge in [-0.25, -0.2) is 22.9 Å². The average Bonchev–Trinajstić information content (AvgIpc) is 3.19. The molecule has 4 aromatic rings. The molecule has 0 aliphatic heterocycles. The van der Waals surface area contributed by atoms with Crippen LogP contribution in [0, 0.1) is 5.82 Å². The molecule has 0 saturated heterocycles. The summed E-state index contributed by atoms with van der Waals surface area (Å²) in [5.41, 5.74) is 2.78. The van der Waals surface area contributed by atoms with Gasteiger partial charge in [0.2, 0.25) is 15.9 Å². The average molecular weight is 438 g/mol. The Morgan fingerprint density at radius 3 is 2.16 bits per heavy atom. The van der Waals surface area contributed by atoms with E-state index in [1.165, 1.54) is 24.3 Å². The zero-order chi connectivity index (χ0) is 21.8. The van der Waals surface area contributed by atoms with Crippen LogP contribution in [0.5, 0.6) is 0 Å². The predicted octanol–water partition coefficient (Wildman–Crippen LogP) is 4.51. The van der Waals surface area contributed by atoms with Crippen LogP contribution in [0.2, 0.25) is 0 Å². The molecule has 0 aliphatic rings. The lowest BCUT2D eigenvalue weighted by molar-refractivity contribution is 0.0900. The smallest absolute Gasteiger partial charge is 0.238 e. The van der Waals surface area contributed by atoms with Crippen LogP contribution < -0.4 is 5.14 Å². The van der Waals surface area contributed by atoms with E-state index in [9.17, 15) is 12.8 Å². The molecule has 0 unspecified atom stereocenters. The first-order valence-corrected chi connectivity index (χ1v) is 11.0. The largest absolute Gasteiger partial charge is 0.437 e. The molecule has 3 aromatic carbocycles. The monoisotopic (exact) mass is 438 g/mol. The highest BCUT2D eigenvalue weighted by molar-refractivity contribution is 7.89. The van der Waals surface area contributed by atoms with E-state index in [1.807, 2.05) is 30.3 Å². The van der Waals surface area contributed by atoms with Crippen molar-refractivity contribution in [3.8, 4) is 22.6 Å². The molecular weight excluding hydrogens is 419 g/mol. The normalized spacial score (nSPS) is 11.5. The Morgan fingerprint density at radius 1 is 0.871 bits per heavy atom. The van der Waals surface area contributed by atoms with E-state index < -0.39 is 10.0 Å². The molecule has 0 saturated carbocycles. The van der Waals surface area contributed by atoms with Gasteiger partial charge in [0, 0.05) is 11.1 Å². The summed E-state index contributed by atoms with van der Waals surface area (Å²) in [7, 11) is -3.81. The predicted molar refractivity (Wildman–Crippen MR) is 114 cm³/mol. The first-order valence-electron chi connectivity index (χ1n) is 9.41. The van der Waals surface area contributed by atoms with Crippen molar-refractivity contribution in [3.63, 3.8) is 0 Å². The Hall–Kier alpha value is -3.33. The number of aromatic nitrogens is 1. The summed E-state index contributed by atoms with van der Waals surface area (Å²) >= 11 is 0. The summed E-state index contributed by atoms with van der Waals surface area (Å²) in [5, 5.41) is 5.17. The minimum atomic E-state index is -3.81. The summed E-state index contributed by atoms with van der Waals surface area (Å²) in [5.74, 6) is 0.407. The fourth-order valence-electron chi connectivity index (χ4n) is 3.05. The van der Waals surface area contributed by atoms with Gasteiger partial charge in [0.25, 0.3) is 0 Å². The van der Waals surface area contributed by atoms with Gasteiger partial charge in [-0.05, 0) is 54.1 Å². The van der Waals surface area contributed by atoms with Gasteiger partial charge in [-0.15, -0.1) is 0 Å². The maximum absolute atomic E-state index is 13.4. The third kappa shape index (κ3) is 5.05. The van der Waals surface area contributed by atoms with E-state index in [0.717, 1.165) is 5.56 Å². The fourth-order valence-corrected chi connectivity index (χ4v) is 3.57. The molecule has 1 aromatic heterocycles. The van der Waals surface area contributed by atoms with Crippen LogP contribution in [-0.4, -0.2) is 13.4 Å². The van der Waals surface area contributed by atoms with Crippen LogP contribution in [0.1, 0.15) is 11.5 Å². The van der Waals surface area contributed by atoms with Gasteiger partial charge in [-0.3, -0.25) is 0 Å². The highest BCUT2D eigenvalue weighted by Crippen LogP contribution is 2.33. The van der Waals surface area contributed by atoms with E-state index in [1.54, 1.807) is 24.3 Å². The zero-order valence-electron chi connectivity index (χ0n) is 16.4. The lowest BCUT2D eigenvalue weighted by atomic mass is 10.1. The van der Waals surface area contributed by atoms with Crippen LogP contribution >= 0.6 is 0 Å². The summed E-state index contributed by atoms with van der Waals surface area (Å²) in [6.07, 6.45) is 0. The molecule has 1 heterocycles. The third-order valence-corrected chi connectivity index (χ3v) is 5.50. The molecule has 6 nitrogen and oxygen atoms in total. The zero-order valence-corrected chi connectivity index (χ0v) is 17.2. The van der Waals surface area contributed by atoms with Crippen molar-refractivity contribution < 1.29 is 22.0 Å². The number of hydrogen-bond acceptors (Lipinski definition) is 5. The quantitative estimate of drug-likeness (QED) is 0.458. The number of halogens is 1. The Balaban J connectivity index is 1.64. The SMILES string of the molecule is NS(=O)(=O)c1ccc(-c2oc(COCc3ccccc3)nc2-c2ccc(F)cc2)cc1. The van der Waals surface area contributed by atoms with Crippen molar-refractivity contribution in [1.29, 1.82) is 0 Å². The van der Waals surface area contributed by atoms with Crippen LogP contribution in [0.25, 0.3) is 22.6 Å². The van der Waals surface area contributed by atoms with Crippen molar-refractivity contribution in [3.05, 3.63) is 96.1 Å². The maximum Gasteiger partial charge on any atom is 0.238 e. The molecule has 31 heavy (non-hydrogen) atoms. The second kappa shape index (κ2) is 8.81. The second-order valence-electron chi connectivity index (χ2n) is 6.84. The van der Waals surface area contributed by atoms with Crippen molar-refractivity contribution in [1.82, 2.24) is 4.98 Å². The highest BCUT2D eigenvalue weighted by atomic mass is 32.2. The summed E-state index contributed by atoms with van der Waals surface area (Å²) in [4.78, 5) is 4.52. The molecule has 0 fully saturated rings. The van der Waals surface area contributed by atoms with E-state index in [-0.39, 0.29) is 17.3 Å². The number of rotatable bonds is 7. The molecule has 0 aliphatic carbocycles. The Bertz CT molecular complexity index is 1270. The van der Waals surface area contributed by atoms with Gasteiger partial charge in [0.05, 0.1) is 11.5 Å². The minimum Gasteiger partial charge on any atom is -0.437 e. The summed E-state index contributed by atoms with van der Waals surface area (Å²) in [6, 6.07) is 21.5. The molecule has 8 heteroatoms. The second-order valence-corrected chi connectivity index (χ2v) is 8.40. The minimum absolute atomic E-state index is 0.00878. The number of nitrogens with zero attached hydrogens (tertiary/aromatic N) is 1. The molecular formula is C23H19FN2O4S. The Morgan fingerprint density at radius 2 is 1.52 bits per heavy atom. The number of oxazole rings is 1. The molecule has 0 spiro atoms. The van der Waals surface area contributed by atoms with E-state index in [2.05, 4.69) is 4.98 Å². The van der Waals surface area contributed by atoms with Crippen LogP contribution in [-0.2, 0) is 28.0 Å². The molecule has 2 N–H and O–H groups in total. The molecule has 158 valence electrons. The van der Waals surface area contributed by atoms with Crippen molar-refractivity contribution in [2.75, 3.05) is 0 Å². The van der Waals surface area contributed by atoms with Gasteiger partial charge >= 0.3 is 0 Å². The van der Waals surface area contributed by atoms with E-state index >= 15 is 0 Å². The highest BCUT2D eigenvalue weighted by Gasteiger charge is 2.18. The van der Waals surface area contributed by atoms with Gasteiger partial charge in [-0.1, -0.05) is 30.3 Å². The Kier molecular flexibility index (Phi) is 5.94.